The van der Waals surface area contributed by atoms with Gasteiger partial charge in [0.25, 0.3) is 0 Å². The molecule has 17 heavy (non-hydrogen) atoms. The standard InChI is InChI=1S/C13H21NO2S/c1-15-8-7-14-11-12-3-5-13(6-4-12)17-10-9-16-2/h3-6,14H,7-11H2,1-2H3. The average molecular weight is 255 g/mol. The number of hydrogen-bond acceptors (Lipinski definition) is 4. The Bertz CT molecular complexity index is 290. The van der Waals surface area contributed by atoms with Gasteiger partial charge in [-0.05, 0) is 17.7 Å². The van der Waals surface area contributed by atoms with E-state index in [1.54, 1.807) is 14.2 Å². The van der Waals surface area contributed by atoms with E-state index in [0.29, 0.717) is 0 Å². The van der Waals surface area contributed by atoms with Crippen molar-refractivity contribution in [3.8, 4) is 0 Å². The van der Waals surface area contributed by atoms with Crippen molar-refractivity contribution in [1.82, 2.24) is 5.32 Å². The van der Waals surface area contributed by atoms with Crippen LogP contribution in [0.3, 0.4) is 0 Å². The smallest absolute Gasteiger partial charge is 0.0587 e. The summed E-state index contributed by atoms with van der Waals surface area (Å²) in [6.45, 7) is 3.34. The number of ether oxygens (including phenoxy) is 2. The first-order valence-electron chi connectivity index (χ1n) is 5.77. The molecule has 96 valence electrons. The minimum atomic E-state index is 0.755. The van der Waals surface area contributed by atoms with Gasteiger partial charge in [-0.2, -0.15) is 0 Å². The molecule has 0 radical (unpaired) electrons. The number of benzene rings is 1. The van der Waals surface area contributed by atoms with Gasteiger partial charge in [0, 0.05) is 38.0 Å². The van der Waals surface area contributed by atoms with Crippen molar-refractivity contribution >= 4 is 11.8 Å². The van der Waals surface area contributed by atoms with E-state index in [9.17, 15) is 0 Å². The van der Waals surface area contributed by atoms with Crippen LogP contribution in [0.5, 0.6) is 0 Å². The van der Waals surface area contributed by atoms with Crippen LogP contribution in [0.1, 0.15) is 5.56 Å². The third-order valence-electron chi connectivity index (χ3n) is 2.29. The van der Waals surface area contributed by atoms with E-state index in [1.807, 2.05) is 11.8 Å². The molecule has 0 heterocycles. The normalized spacial score (nSPS) is 10.7. The highest BCUT2D eigenvalue weighted by atomic mass is 32.2. The van der Waals surface area contributed by atoms with Crippen molar-refractivity contribution in [3.05, 3.63) is 29.8 Å². The van der Waals surface area contributed by atoms with Crippen molar-refractivity contribution in [2.24, 2.45) is 0 Å². The zero-order valence-electron chi connectivity index (χ0n) is 10.6. The molecule has 0 amide bonds. The Balaban J connectivity index is 2.24. The molecule has 0 saturated carbocycles. The third-order valence-corrected chi connectivity index (χ3v) is 3.27. The molecular weight excluding hydrogens is 234 g/mol. The zero-order valence-corrected chi connectivity index (χ0v) is 11.4. The maximum Gasteiger partial charge on any atom is 0.0587 e. The van der Waals surface area contributed by atoms with Crippen molar-refractivity contribution in [3.63, 3.8) is 0 Å². The molecule has 1 aromatic carbocycles. The lowest BCUT2D eigenvalue weighted by atomic mass is 10.2. The minimum absolute atomic E-state index is 0.755. The van der Waals surface area contributed by atoms with Gasteiger partial charge in [0.05, 0.1) is 13.2 Å². The summed E-state index contributed by atoms with van der Waals surface area (Å²) in [6.07, 6.45) is 0. The predicted molar refractivity (Wildman–Crippen MR) is 72.6 cm³/mol. The Morgan fingerprint density at radius 1 is 1.06 bits per heavy atom. The van der Waals surface area contributed by atoms with Crippen LogP contribution in [0.4, 0.5) is 0 Å². The van der Waals surface area contributed by atoms with E-state index in [0.717, 1.165) is 32.1 Å². The number of rotatable bonds is 9. The van der Waals surface area contributed by atoms with Crippen LogP contribution in [-0.2, 0) is 16.0 Å². The van der Waals surface area contributed by atoms with Gasteiger partial charge >= 0.3 is 0 Å². The van der Waals surface area contributed by atoms with Gasteiger partial charge in [-0.25, -0.2) is 0 Å². The van der Waals surface area contributed by atoms with Gasteiger partial charge in [-0.3, -0.25) is 0 Å². The summed E-state index contributed by atoms with van der Waals surface area (Å²) in [4.78, 5) is 1.29. The highest BCUT2D eigenvalue weighted by Gasteiger charge is 1.95. The molecule has 0 unspecified atom stereocenters. The molecule has 0 atom stereocenters. The Morgan fingerprint density at radius 2 is 1.76 bits per heavy atom. The third kappa shape index (κ3) is 6.68. The van der Waals surface area contributed by atoms with E-state index < -0.39 is 0 Å². The monoisotopic (exact) mass is 255 g/mol. The summed E-state index contributed by atoms with van der Waals surface area (Å²) < 4.78 is 10.00. The van der Waals surface area contributed by atoms with Gasteiger partial charge in [0.1, 0.15) is 0 Å². The molecule has 0 fully saturated rings. The molecule has 0 bridgehead atoms. The maximum atomic E-state index is 5.02. The van der Waals surface area contributed by atoms with E-state index in [2.05, 4.69) is 29.6 Å². The first-order chi connectivity index (χ1) is 8.36. The second-order valence-corrected chi connectivity index (χ2v) is 4.82. The van der Waals surface area contributed by atoms with E-state index in [1.165, 1.54) is 10.5 Å². The molecule has 1 aromatic rings. The predicted octanol–water partition coefficient (Wildman–Crippen LogP) is 2.16. The largest absolute Gasteiger partial charge is 0.384 e. The fourth-order valence-corrected chi connectivity index (χ4v) is 2.17. The first-order valence-corrected chi connectivity index (χ1v) is 6.75. The fourth-order valence-electron chi connectivity index (χ4n) is 1.35. The van der Waals surface area contributed by atoms with Crippen LogP contribution in [0.25, 0.3) is 0 Å². The summed E-state index contributed by atoms with van der Waals surface area (Å²) in [5, 5.41) is 3.32. The minimum Gasteiger partial charge on any atom is -0.384 e. The van der Waals surface area contributed by atoms with Crippen LogP contribution < -0.4 is 5.32 Å². The van der Waals surface area contributed by atoms with E-state index in [4.69, 9.17) is 9.47 Å². The van der Waals surface area contributed by atoms with Crippen molar-refractivity contribution in [2.45, 2.75) is 11.4 Å². The molecule has 0 aromatic heterocycles. The summed E-state index contributed by atoms with van der Waals surface area (Å²) in [7, 11) is 3.45. The molecule has 1 N–H and O–H groups in total. The lowest BCUT2D eigenvalue weighted by Crippen LogP contribution is -2.18. The molecule has 0 aliphatic rings. The van der Waals surface area contributed by atoms with Crippen molar-refractivity contribution in [1.29, 1.82) is 0 Å². The van der Waals surface area contributed by atoms with E-state index >= 15 is 0 Å². The average Bonchev–Trinajstić information content (AvgIpc) is 2.37. The summed E-state index contributed by atoms with van der Waals surface area (Å²) >= 11 is 1.82. The number of nitrogens with one attached hydrogen (secondary N) is 1. The van der Waals surface area contributed by atoms with Crippen molar-refractivity contribution in [2.75, 3.05) is 39.7 Å². The number of methoxy groups -OCH3 is 2. The lowest BCUT2D eigenvalue weighted by molar-refractivity contribution is 0.199. The van der Waals surface area contributed by atoms with Gasteiger partial charge in [-0.15, -0.1) is 11.8 Å². The molecule has 0 spiro atoms. The van der Waals surface area contributed by atoms with Gasteiger partial charge < -0.3 is 14.8 Å². The SMILES string of the molecule is COCCNCc1ccc(SCCOC)cc1. The van der Waals surface area contributed by atoms with Crippen LogP contribution in [0, 0.1) is 0 Å². The topological polar surface area (TPSA) is 30.5 Å². The second kappa shape index (κ2) is 9.48. The molecule has 1 rings (SSSR count). The highest BCUT2D eigenvalue weighted by Crippen LogP contribution is 2.17. The van der Waals surface area contributed by atoms with Gasteiger partial charge in [-0.1, -0.05) is 12.1 Å². The number of thioether (sulfide) groups is 1. The Kier molecular flexibility index (Phi) is 8.09. The summed E-state index contributed by atoms with van der Waals surface area (Å²) in [6, 6.07) is 8.64. The molecule has 3 nitrogen and oxygen atoms in total. The molecule has 0 saturated heterocycles. The van der Waals surface area contributed by atoms with Gasteiger partial charge in [0.15, 0.2) is 0 Å². The molecule has 4 heteroatoms. The fraction of sp³-hybridized carbons (Fsp3) is 0.538. The first kappa shape index (κ1) is 14.5. The summed E-state index contributed by atoms with van der Waals surface area (Å²) in [5.41, 5.74) is 1.30. The van der Waals surface area contributed by atoms with Gasteiger partial charge in [0.2, 0.25) is 0 Å². The quantitative estimate of drug-likeness (QED) is 0.541. The summed E-state index contributed by atoms with van der Waals surface area (Å²) in [5.74, 6) is 1.00. The van der Waals surface area contributed by atoms with Crippen LogP contribution in [0.15, 0.2) is 29.2 Å². The zero-order chi connectivity index (χ0) is 12.3. The second-order valence-electron chi connectivity index (χ2n) is 3.65. The van der Waals surface area contributed by atoms with Crippen LogP contribution in [-0.4, -0.2) is 39.7 Å². The van der Waals surface area contributed by atoms with Crippen LogP contribution in [0.2, 0.25) is 0 Å². The number of hydrogen-bond donors (Lipinski definition) is 1. The molecule has 0 aliphatic carbocycles. The van der Waals surface area contributed by atoms with E-state index in [-0.39, 0.29) is 0 Å². The van der Waals surface area contributed by atoms with Crippen LogP contribution >= 0.6 is 11.8 Å². The molecule has 0 aliphatic heterocycles. The Hall–Kier alpha value is -0.550. The Morgan fingerprint density at radius 3 is 2.41 bits per heavy atom. The van der Waals surface area contributed by atoms with Crippen molar-refractivity contribution < 1.29 is 9.47 Å². The molecular formula is C13H21NO2S. The lowest BCUT2D eigenvalue weighted by Gasteiger charge is -2.05. The maximum absolute atomic E-state index is 5.02. The highest BCUT2D eigenvalue weighted by molar-refractivity contribution is 7.99. The Labute approximate surface area is 108 Å².